The van der Waals surface area contributed by atoms with Crippen LogP contribution in [0.25, 0.3) is 27.7 Å². The molecule has 2 N–H and O–H groups in total. The Morgan fingerprint density at radius 3 is 2.60 bits per heavy atom. The van der Waals surface area contributed by atoms with E-state index in [1.54, 1.807) is 19.2 Å². The zero-order valence-corrected chi connectivity index (χ0v) is 23.2. The second-order valence-electron chi connectivity index (χ2n) is 10.6. The molecule has 2 aromatic carbocycles. The van der Waals surface area contributed by atoms with E-state index in [0.29, 0.717) is 45.8 Å². The van der Waals surface area contributed by atoms with E-state index in [1.165, 1.54) is 4.57 Å². The number of nitrogens with zero attached hydrogens (tertiary/aromatic N) is 3. The van der Waals surface area contributed by atoms with Gasteiger partial charge in [-0.2, -0.15) is 13.2 Å². The van der Waals surface area contributed by atoms with Crippen LogP contribution in [-0.2, 0) is 12.7 Å². The van der Waals surface area contributed by atoms with Crippen LogP contribution in [-0.4, -0.2) is 45.7 Å². The number of fused-ring (bicyclic) bond motifs is 1. The molecule has 210 valence electrons. The van der Waals surface area contributed by atoms with Crippen LogP contribution in [0.15, 0.2) is 53.5 Å². The van der Waals surface area contributed by atoms with Crippen LogP contribution in [0.2, 0.25) is 5.02 Å². The first-order valence-corrected chi connectivity index (χ1v) is 13.4. The Morgan fingerprint density at radius 1 is 1.15 bits per heavy atom. The lowest BCUT2D eigenvalue weighted by molar-refractivity contribution is -0.137. The van der Waals surface area contributed by atoms with Gasteiger partial charge in [0.05, 0.1) is 22.2 Å². The number of nitrogens with one attached hydrogen (secondary N) is 1. The van der Waals surface area contributed by atoms with E-state index in [2.05, 4.69) is 15.2 Å². The van der Waals surface area contributed by atoms with Gasteiger partial charge in [0.15, 0.2) is 0 Å². The number of hydrogen-bond acceptors (Lipinski definition) is 5. The maximum atomic E-state index is 14.2. The Hall–Kier alpha value is -3.40. The molecule has 6 nitrogen and oxygen atoms in total. The number of aryl methyl sites for hydroxylation is 2. The van der Waals surface area contributed by atoms with E-state index in [1.807, 2.05) is 32.2 Å². The maximum absolute atomic E-state index is 14.2. The van der Waals surface area contributed by atoms with Crippen LogP contribution in [0.5, 0.6) is 5.75 Å². The molecule has 2 aromatic heterocycles. The number of aromatic nitrogens is 2. The van der Waals surface area contributed by atoms with Crippen molar-refractivity contribution >= 4 is 22.5 Å². The van der Waals surface area contributed by atoms with Gasteiger partial charge in [0.1, 0.15) is 5.75 Å². The first kappa shape index (κ1) is 28.1. The fraction of sp³-hybridized carbons (Fsp3) is 0.333. The predicted molar refractivity (Wildman–Crippen MR) is 151 cm³/mol. The number of hydrogen-bond donors (Lipinski definition) is 2. The maximum Gasteiger partial charge on any atom is 0.416 e. The summed E-state index contributed by atoms with van der Waals surface area (Å²) in [6.07, 6.45) is -0.794. The Labute approximate surface area is 235 Å². The summed E-state index contributed by atoms with van der Waals surface area (Å²) in [5.74, 6) is -0.582. The molecule has 0 aliphatic carbocycles. The van der Waals surface area contributed by atoms with Crippen molar-refractivity contribution in [2.24, 2.45) is 0 Å². The molecule has 1 saturated heterocycles. The highest BCUT2D eigenvalue weighted by atomic mass is 35.5. The van der Waals surface area contributed by atoms with Crippen molar-refractivity contribution in [1.82, 2.24) is 19.8 Å². The summed E-state index contributed by atoms with van der Waals surface area (Å²) in [6, 6.07) is 10.3. The molecule has 5 rings (SSSR count). The summed E-state index contributed by atoms with van der Waals surface area (Å²) in [4.78, 5) is 20.9. The van der Waals surface area contributed by atoms with Crippen molar-refractivity contribution in [1.29, 1.82) is 0 Å². The van der Waals surface area contributed by atoms with Crippen LogP contribution in [0.1, 0.15) is 35.2 Å². The number of halogens is 4. The summed E-state index contributed by atoms with van der Waals surface area (Å²) in [7, 11) is 1.98. The average molecular weight is 571 g/mol. The lowest BCUT2D eigenvalue weighted by Crippen LogP contribution is -2.35. The Kier molecular flexibility index (Phi) is 7.65. The molecule has 1 atom stereocenters. The molecule has 0 spiro atoms. The molecule has 1 fully saturated rings. The molecular formula is C30H30ClF3N4O2. The molecule has 0 radical (unpaired) electrons. The van der Waals surface area contributed by atoms with Crippen molar-refractivity contribution in [2.45, 2.75) is 45.5 Å². The van der Waals surface area contributed by atoms with Gasteiger partial charge in [0.25, 0.3) is 5.56 Å². The quantitative estimate of drug-likeness (QED) is 0.287. The average Bonchev–Trinajstić information content (AvgIpc) is 3.35. The molecule has 0 amide bonds. The molecule has 0 bridgehead atoms. The molecule has 3 heterocycles. The van der Waals surface area contributed by atoms with Crippen molar-refractivity contribution in [3.05, 3.63) is 86.4 Å². The predicted octanol–water partition coefficient (Wildman–Crippen LogP) is 6.23. The SMILES string of the molecule is Cc1cc(Cl)cc(-c2cnc3cc(C)n(-c4cc(O)cc(C(F)(F)F)c4)c(=O)c3c2CN(C)C[C@@H]2CCCN2)c1. The van der Waals surface area contributed by atoms with Crippen molar-refractivity contribution in [3.8, 4) is 22.6 Å². The molecule has 1 aliphatic heterocycles. The first-order valence-electron chi connectivity index (χ1n) is 13.1. The molecule has 0 unspecified atom stereocenters. The zero-order chi connectivity index (χ0) is 28.8. The third kappa shape index (κ3) is 5.73. The minimum Gasteiger partial charge on any atom is -0.508 e. The molecule has 10 heteroatoms. The van der Waals surface area contributed by atoms with Gasteiger partial charge in [-0.1, -0.05) is 17.7 Å². The fourth-order valence-electron chi connectivity index (χ4n) is 5.59. The van der Waals surface area contributed by atoms with Crippen LogP contribution in [0, 0.1) is 13.8 Å². The van der Waals surface area contributed by atoms with Crippen molar-refractivity contribution in [3.63, 3.8) is 0 Å². The Balaban J connectivity index is 1.75. The zero-order valence-electron chi connectivity index (χ0n) is 22.4. The second-order valence-corrected chi connectivity index (χ2v) is 11.0. The third-order valence-electron chi connectivity index (χ3n) is 7.29. The fourth-order valence-corrected chi connectivity index (χ4v) is 5.87. The number of pyridine rings is 2. The van der Waals surface area contributed by atoms with Crippen LogP contribution in [0.3, 0.4) is 0 Å². The van der Waals surface area contributed by atoms with Crippen LogP contribution in [0.4, 0.5) is 13.2 Å². The second kappa shape index (κ2) is 10.9. The van der Waals surface area contributed by atoms with Gasteiger partial charge in [0.2, 0.25) is 0 Å². The van der Waals surface area contributed by atoms with Crippen molar-refractivity contribution in [2.75, 3.05) is 20.1 Å². The number of phenols is 1. The standard InChI is InChI=1S/C30H30ClF3N4O2/c1-17-7-19(10-21(31)8-17)25-14-36-27-9-18(2)38(23-11-20(30(32,33)34)12-24(39)13-23)29(40)28(27)26(25)16-37(3)15-22-5-4-6-35-22/h7-14,22,35,39H,4-6,15-16H2,1-3H3/t22-/m0/s1. The van der Waals surface area contributed by atoms with E-state index < -0.39 is 23.0 Å². The molecule has 0 saturated carbocycles. The summed E-state index contributed by atoms with van der Waals surface area (Å²) < 4.78 is 41.9. The lowest BCUT2D eigenvalue weighted by atomic mass is 9.96. The Bertz CT molecular complexity index is 1630. The number of phenolic OH excluding ortho intramolecular Hbond substituents is 1. The largest absolute Gasteiger partial charge is 0.508 e. The topological polar surface area (TPSA) is 70.4 Å². The van der Waals surface area contributed by atoms with Gasteiger partial charge in [-0.05, 0) is 87.3 Å². The summed E-state index contributed by atoms with van der Waals surface area (Å²) >= 11 is 6.39. The summed E-state index contributed by atoms with van der Waals surface area (Å²) in [6.45, 7) is 5.70. The van der Waals surface area contributed by atoms with E-state index in [4.69, 9.17) is 11.6 Å². The Morgan fingerprint density at radius 2 is 1.93 bits per heavy atom. The number of likely N-dealkylation sites (N-methyl/N-ethyl adjacent to an activating group) is 1. The first-order chi connectivity index (χ1) is 18.9. The minimum absolute atomic E-state index is 0.0739. The minimum atomic E-state index is -4.69. The van der Waals surface area contributed by atoms with Crippen LogP contribution >= 0.6 is 11.6 Å². The lowest BCUT2D eigenvalue weighted by Gasteiger charge is -2.24. The van der Waals surface area contributed by atoms with E-state index in [-0.39, 0.29) is 5.69 Å². The smallest absolute Gasteiger partial charge is 0.416 e. The summed E-state index contributed by atoms with van der Waals surface area (Å²) in [5, 5.41) is 14.5. The summed E-state index contributed by atoms with van der Waals surface area (Å²) in [5.41, 5.74) is 2.39. The highest BCUT2D eigenvalue weighted by Gasteiger charge is 2.32. The highest BCUT2D eigenvalue weighted by molar-refractivity contribution is 6.31. The van der Waals surface area contributed by atoms with Gasteiger partial charge in [-0.3, -0.25) is 14.3 Å². The van der Waals surface area contributed by atoms with Gasteiger partial charge >= 0.3 is 6.18 Å². The van der Waals surface area contributed by atoms with Gasteiger partial charge in [-0.15, -0.1) is 0 Å². The van der Waals surface area contributed by atoms with E-state index in [0.717, 1.165) is 54.8 Å². The van der Waals surface area contributed by atoms with Gasteiger partial charge in [-0.25, -0.2) is 0 Å². The third-order valence-corrected chi connectivity index (χ3v) is 7.51. The normalized spacial score (nSPS) is 15.8. The number of aromatic hydroxyl groups is 1. The molecule has 1 aliphatic rings. The number of rotatable bonds is 6. The van der Waals surface area contributed by atoms with Gasteiger partial charge in [0, 0.05) is 47.7 Å². The monoisotopic (exact) mass is 570 g/mol. The number of benzene rings is 2. The molecule has 40 heavy (non-hydrogen) atoms. The highest BCUT2D eigenvalue weighted by Crippen LogP contribution is 2.35. The van der Waals surface area contributed by atoms with E-state index in [9.17, 15) is 23.1 Å². The van der Waals surface area contributed by atoms with Crippen molar-refractivity contribution < 1.29 is 18.3 Å². The van der Waals surface area contributed by atoms with Crippen LogP contribution < -0.4 is 10.9 Å². The number of alkyl halides is 3. The van der Waals surface area contributed by atoms with Gasteiger partial charge < -0.3 is 15.3 Å². The molecular weight excluding hydrogens is 541 g/mol. The van der Waals surface area contributed by atoms with E-state index >= 15 is 0 Å². The molecule has 4 aromatic rings.